The largest absolute Gasteiger partial charge is 0.623 e. The van der Waals surface area contributed by atoms with E-state index < -0.39 is 6.09 Å². The lowest BCUT2D eigenvalue weighted by atomic mass is 10.2. The molecule has 0 bridgehead atoms. The van der Waals surface area contributed by atoms with Gasteiger partial charge in [-0.25, -0.2) is 9.79 Å². The predicted molar refractivity (Wildman–Crippen MR) is 62.2 cm³/mol. The Morgan fingerprint density at radius 1 is 1.53 bits per heavy atom. The van der Waals surface area contributed by atoms with Gasteiger partial charge in [-0.15, -0.1) is 0 Å². The van der Waals surface area contributed by atoms with Crippen molar-refractivity contribution in [2.75, 3.05) is 7.11 Å². The van der Waals surface area contributed by atoms with Crippen LogP contribution in [-0.2, 0) is 4.74 Å². The highest BCUT2D eigenvalue weighted by molar-refractivity contribution is 6.06. The lowest BCUT2D eigenvalue weighted by molar-refractivity contribution is -0.724. The van der Waals surface area contributed by atoms with Gasteiger partial charge in [0, 0.05) is 6.07 Å². The van der Waals surface area contributed by atoms with Gasteiger partial charge < -0.3 is 15.0 Å². The Labute approximate surface area is 97.8 Å². The van der Waals surface area contributed by atoms with Gasteiger partial charge in [0.05, 0.1) is 7.11 Å². The number of hydrogen-bond acceptors (Lipinski definition) is 4. The molecule has 1 unspecified atom stereocenters. The van der Waals surface area contributed by atoms with Crippen molar-refractivity contribution < 1.29 is 14.6 Å². The van der Waals surface area contributed by atoms with Crippen molar-refractivity contribution in [2.24, 2.45) is 4.99 Å². The summed E-state index contributed by atoms with van der Waals surface area (Å²) < 4.78 is 4.44. The first kappa shape index (κ1) is 11.3. The molecular formula is C11H11N3O3. The van der Waals surface area contributed by atoms with Gasteiger partial charge >= 0.3 is 6.09 Å². The molecule has 88 valence electrons. The second kappa shape index (κ2) is 4.36. The van der Waals surface area contributed by atoms with Crippen LogP contribution in [0.25, 0.3) is 0 Å². The molecule has 17 heavy (non-hydrogen) atoms. The molecule has 1 amide bonds. The smallest absolute Gasteiger partial charge is 0.412 e. The van der Waals surface area contributed by atoms with Crippen molar-refractivity contribution >= 4 is 23.3 Å². The van der Waals surface area contributed by atoms with Crippen molar-refractivity contribution in [3.63, 3.8) is 0 Å². The maximum absolute atomic E-state index is 11.9. The molecule has 1 aromatic carbocycles. The highest BCUT2D eigenvalue weighted by Crippen LogP contribution is 2.24. The van der Waals surface area contributed by atoms with E-state index in [1.54, 1.807) is 24.3 Å². The molecule has 6 nitrogen and oxygen atoms in total. The molecule has 0 radical (unpaired) electrons. The third-order valence-electron chi connectivity index (χ3n) is 2.35. The Bertz CT molecular complexity index is 510. The third kappa shape index (κ3) is 2.03. The number of ether oxygens (including phenoxy) is 1. The Kier molecular flexibility index (Phi) is 2.90. The van der Waals surface area contributed by atoms with E-state index in [1.165, 1.54) is 7.11 Å². The van der Waals surface area contributed by atoms with Crippen LogP contribution in [0.1, 0.15) is 0 Å². The Morgan fingerprint density at radius 2 is 2.24 bits per heavy atom. The molecule has 1 aliphatic heterocycles. The van der Waals surface area contributed by atoms with Gasteiger partial charge in [0.25, 0.3) is 0 Å². The number of rotatable bonds is 0. The van der Waals surface area contributed by atoms with Gasteiger partial charge in [0.2, 0.25) is 0 Å². The summed E-state index contributed by atoms with van der Waals surface area (Å²) >= 11 is 0. The fourth-order valence-corrected chi connectivity index (χ4v) is 1.47. The normalized spacial score (nSPS) is 18.1. The van der Waals surface area contributed by atoms with Gasteiger partial charge in [0.15, 0.2) is 17.2 Å². The van der Waals surface area contributed by atoms with E-state index in [0.29, 0.717) is 11.4 Å². The lowest BCUT2D eigenvalue weighted by Gasteiger charge is -2.28. The number of alkyl carbamates (subject to hydrolysis) is 1. The number of methoxy groups -OCH3 is 1. The Balaban J connectivity index is 2.39. The molecule has 1 aliphatic rings. The zero-order valence-electron chi connectivity index (χ0n) is 9.19. The summed E-state index contributed by atoms with van der Waals surface area (Å²) in [6, 6.07) is 6.87. The maximum Gasteiger partial charge on any atom is 0.412 e. The molecule has 1 aromatic rings. The van der Waals surface area contributed by atoms with Crippen LogP contribution >= 0.6 is 0 Å². The fourth-order valence-electron chi connectivity index (χ4n) is 1.47. The summed E-state index contributed by atoms with van der Waals surface area (Å²) in [5.74, 6) is 0.126. The summed E-state index contributed by atoms with van der Waals surface area (Å²) in [5.41, 5.74) is 1.14. The number of nitrogens with zero attached hydrogens (tertiary/aromatic N) is 1. The van der Waals surface area contributed by atoms with Crippen molar-refractivity contribution in [2.45, 2.75) is 0 Å². The number of carbonyl (C=O) groups is 1. The fraction of sp³-hybridized carbons (Fsp3) is 0.0909. The summed E-state index contributed by atoms with van der Waals surface area (Å²) in [6.07, 6.45) is -0.683. The minimum Gasteiger partial charge on any atom is -0.623 e. The monoisotopic (exact) mass is 233 g/mol. The van der Waals surface area contributed by atoms with Crippen molar-refractivity contribution in [3.8, 4) is 0 Å². The molecule has 1 heterocycles. The summed E-state index contributed by atoms with van der Waals surface area (Å²) in [6.45, 7) is 3.61. The van der Waals surface area contributed by atoms with Crippen molar-refractivity contribution in [3.05, 3.63) is 41.7 Å². The third-order valence-corrected chi connectivity index (χ3v) is 2.35. The van der Waals surface area contributed by atoms with Crippen LogP contribution in [0.5, 0.6) is 0 Å². The van der Waals surface area contributed by atoms with Crippen LogP contribution in [0.3, 0.4) is 0 Å². The molecule has 1 atom stereocenters. The second-order valence-electron chi connectivity index (χ2n) is 3.40. The van der Waals surface area contributed by atoms with E-state index >= 15 is 0 Å². The first-order chi connectivity index (χ1) is 8.13. The molecular weight excluding hydrogens is 222 g/mol. The van der Waals surface area contributed by atoms with Crippen LogP contribution in [-0.4, -0.2) is 19.0 Å². The minimum absolute atomic E-state index is 0.126. The number of quaternary nitrogens is 1. The van der Waals surface area contributed by atoms with Crippen LogP contribution < -0.4 is 10.4 Å². The molecule has 2 N–H and O–H groups in total. The number of hydrogen-bond donors (Lipinski definition) is 2. The van der Waals surface area contributed by atoms with Crippen LogP contribution in [0.2, 0.25) is 0 Å². The summed E-state index contributed by atoms with van der Waals surface area (Å²) in [7, 11) is 1.23. The van der Waals surface area contributed by atoms with Crippen LogP contribution in [0.4, 0.5) is 16.2 Å². The number of amidine groups is 1. The van der Waals surface area contributed by atoms with Crippen molar-refractivity contribution in [1.82, 2.24) is 5.32 Å². The van der Waals surface area contributed by atoms with E-state index in [1.807, 2.05) is 0 Å². The number of amides is 1. The zero-order chi connectivity index (χ0) is 12.4. The molecule has 0 saturated heterocycles. The lowest BCUT2D eigenvalue weighted by Crippen LogP contribution is -3.01. The molecule has 0 aliphatic carbocycles. The van der Waals surface area contributed by atoms with Gasteiger partial charge in [-0.1, -0.05) is 12.1 Å². The number of benzene rings is 1. The van der Waals surface area contributed by atoms with E-state index in [-0.39, 0.29) is 16.6 Å². The second-order valence-corrected chi connectivity index (χ2v) is 3.40. The molecule has 0 saturated carbocycles. The van der Waals surface area contributed by atoms with Gasteiger partial charge in [-0.3, -0.25) is 5.32 Å². The summed E-state index contributed by atoms with van der Waals surface area (Å²) in [5, 5.41) is 14.0. The zero-order valence-corrected chi connectivity index (χ0v) is 9.19. The topological polar surface area (TPSA) is 78.2 Å². The summed E-state index contributed by atoms with van der Waals surface area (Å²) in [4.78, 5) is 15.2. The number of fused-ring (bicyclic) bond motifs is 1. The van der Waals surface area contributed by atoms with E-state index in [0.717, 1.165) is 0 Å². The SMILES string of the molecule is C=C1C(NC(=O)OC)=Nc2ccccc2[NH+]1[O-]. The average molecular weight is 233 g/mol. The Hall–Kier alpha value is -2.18. The highest BCUT2D eigenvalue weighted by Gasteiger charge is 2.24. The van der Waals surface area contributed by atoms with Gasteiger partial charge in [-0.05, 0) is 12.6 Å². The number of aliphatic imine (C=N–C) groups is 1. The maximum atomic E-state index is 11.9. The highest BCUT2D eigenvalue weighted by atomic mass is 16.5. The van der Waals surface area contributed by atoms with Crippen LogP contribution in [0.15, 0.2) is 41.5 Å². The Morgan fingerprint density at radius 3 is 2.94 bits per heavy atom. The first-order valence-corrected chi connectivity index (χ1v) is 4.90. The number of nitrogens with one attached hydrogen (secondary N) is 2. The predicted octanol–water partition coefficient (Wildman–Crippen LogP) is 0.614. The first-order valence-electron chi connectivity index (χ1n) is 4.90. The molecule has 0 aromatic heterocycles. The molecule has 2 rings (SSSR count). The van der Waals surface area contributed by atoms with Gasteiger partial charge in [0.1, 0.15) is 5.69 Å². The average Bonchev–Trinajstić information content (AvgIpc) is 2.35. The van der Waals surface area contributed by atoms with E-state index in [4.69, 9.17) is 0 Å². The van der Waals surface area contributed by atoms with E-state index in [2.05, 4.69) is 21.6 Å². The number of hydroxylamine groups is 1. The van der Waals surface area contributed by atoms with Crippen molar-refractivity contribution in [1.29, 1.82) is 0 Å². The van der Waals surface area contributed by atoms with Gasteiger partial charge in [-0.2, -0.15) is 0 Å². The minimum atomic E-state index is -0.683. The van der Waals surface area contributed by atoms with E-state index in [9.17, 15) is 10.0 Å². The van der Waals surface area contributed by atoms with Crippen LogP contribution in [0, 0.1) is 5.21 Å². The molecule has 0 spiro atoms. The standard InChI is InChI=1S/C11H11N3O3/c1-7-10(13-11(15)17-2)12-8-5-3-4-6-9(8)14(7)16/h3-6,14H,1H2,2H3,(H,12,13,15). The molecule has 0 fully saturated rings. The number of carbonyl (C=O) groups excluding carboxylic acids is 1. The quantitative estimate of drug-likeness (QED) is 0.644. The molecule has 6 heteroatoms. The number of para-hydroxylation sites is 2.